The summed E-state index contributed by atoms with van der Waals surface area (Å²) < 4.78 is 10.1. The fourth-order valence-electron chi connectivity index (χ4n) is 2.75. The molecule has 0 spiro atoms. The molecule has 0 radical (unpaired) electrons. The van der Waals surface area contributed by atoms with E-state index in [0.717, 1.165) is 16.8 Å². The van der Waals surface area contributed by atoms with Crippen LogP contribution < -0.4 is 10.1 Å². The van der Waals surface area contributed by atoms with Crippen LogP contribution in [0.25, 0.3) is 10.8 Å². The number of fused-ring (bicyclic) bond motifs is 1. The van der Waals surface area contributed by atoms with Crippen molar-refractivity contribution in [2.75, 3.05) is 12.4 Å². The maximum absolute atomic E-state index is 12.4. The number of hydrogen-bond donors (Lipinski definition) is 1. The minimum Gasteiger partial charge on any atom is -0.490 e. The van der Waals surface area contributed by atoms with E-state index in [2.05, 4.69) is 5.32 Å². The molecule has 3 aromatic rings. The van der Waals surface area contributed by atoms with Crippen LogP contribution in [0.1, 0.15) is 17.3 Å². The van der Waals surface area contributed by atoms with Crippen LogP contribution in [-0.4, -0.2) is 30.0 Å². The summed E-state index contributed by atoms with van der Waals surface area (Å²) in [6, 6.07) is 16.8. The molecule has 8 nitrogen and oxygen atoms in total. The zero-order valence-electron chi connectivity index (χ0n) is 15.7. The third-order valence-electron chi connectivity index (χ3n) is 4.28. The normalized spacial score (nSPS) is 11.5. The number of anilines is 1. The van der Waals surface area contributed by atoms with E-state index >= 15 is 0 Å². The summed E-state index contributed by atoms with van der Waals surface area (Å²) in [6.45, 7) is 1.42. The van der Waals surface area contributed by atoms with Gasteiger partial charge in [-0.15, -0.1) is 0 Å². The van der Waals surface area contributed by atoms with Crippen LogP contribution in [0.4, 0.5) is 11.4 Å². The lowest BCUT2D eigenvalue weighted by molar-refractivity contribution is -0.385. The van der Waals surface area contributed by atoms with Gasteiger partial charge in [0.05, 0.1) is 17.6 Å². The van der Waals surface area contributed by atoms with Gasteiger partial charge in [-0.3, -0.25) is 14.9 Å². The minimum atomic E-state index is -1.10. The van der Waals surface area contributed by atoms with E-state index in [4.69, 9.17) is 9.47 Å². The van der Waals surface area contributed by atoms with Crippen molar-refractivity contribution in [2.24, 2.45) is 0 Å². The van der Waals surface area contributed by atoms with Crippen molar-refractivity contribution < 1.29 is 24.0 Å². The van der Waals surface area contributed by atoms with Gasteiger partial charge in [0, 0.05) is 11.8 Å². The molecule has 3 aromatic carbocycles. The molecule has 0 aliphatic rings. The zero-order chi connectivity index (χ0) is 21.0. The highest BCUT2D eigenvalue weighted by atomic mass is 16.6. The first-order valence-corrected chi connectivity index (χ1v) is 8.72. The third-order valence-corrected chi connectivity index (χ3v) is 4.28. The summed E-state index contributed by atoms with van der Waals surface area (Å²) in [7, 11) is 1.29. The molecule has 0 aliphatic heterocycles. The molecule has 3 rings (SSSR count). The van der Waals surface area contributed by atoms with Gasteiger partial charge in [-0.2, -0.15) is 0 Å². The summed E-state index contributed by atoms with van der Waals surface area (Å²) in [4.78, 5) is 35.1. The molecule has 8 heteroatoms. The second-order valence-corrected chi connectivity index (χ2v) is 6.24. The molecule has 29 heavy (non-hydrogen) atoms. The van der Waals surface area contributed by atoms with E-state index in [-0.39, 0.29) is 17.0 Å². The first-order valence-electron chi connectivity index (χ1n) is 8.72. The van der Waals surface area contributed by atoms with Gasteiger partial charge < -0.3 is 14.8 Å². The number of ether oxygens (including phenoxy) is 2. The summed E-state index contributed by atoms with van der Waals surface area (Å²) in [5.74, 6) is -1.35. The van der Waals surface area contributed by atoms with E-state index in [0.29, 0.717) is 5.69 Å². The van der Waals surface area contributed by atoms with Crippen LogP contribution in [-0.2, 0) is 9.53 Å². The van der Waals surface area contributed by atoms with Crippen molar-refractivity contribution in [3.8, 4) is 5.75 Å². The fraction of sp³-hybridized carbons (Fsp3) is 0.143. The highest BCUT2D eigenvalue weighted by molar-refractivity contribution is 5.99. The number of carbonyl (C=O) groups excluding carboxylic acids is 2. The van der Waals surface area contributed by atoms with Crippen LogP contribution in [0.3, 0.4) is 0 Å². The standard InChI is InChI=1S/C21H18N2O6/c1-13(20(24)22-17-9-7-14-5-3-4-6-15(14)11-17)29-21(25)16-8-10-19(28-2)18(12-16)23(26)27/h3-13H,1-2H3,(H,22,24)/t13-/m1/s1. The quantitative estimate of drug-likeness (QED) is 0.385. The molecule has 0 bridgehead atoms. The number of methoxy groups -OCH3 is 1. The van der Waals surface area contributed by atoms with Crippen molar-refractivity contribution in [2.45, 2.75) is 13.0 Å². The van der Waals surface area contributed by atoms with E-state index in [1.54, 1.807) is 6.07 Å². The molecule has 1 N–H and O–H groups in total. The maximum Gasteiger partial charge on any atom is 0.339 e. The largest absolute Gasteiger partial charge is 0.490 e. The average molecular weight is 394 g/mol. The van der Waals surface area contributed by atoms with Crippen molar-refractivity contribution in [1.29, 1.82) is 0 Å². The lowest BCUT2D eigenvalue weighted by Gasteiger charge is -2.14. The number of esters is 1. The van der Waals surface area contributed by atoms with Crippen LogP contribution >= 0.6 is 0 Å². The molecule has 0 aromatic heterocycles. The number of hydrogen-bond acceptors (Lipinski definition) is 6. The fourth-order valence-corrected chi connectivity index (χ4v) is 2.75. The minimum absolute atomic E-state index is 0.0219. The Morgan fingerprint density at radius 3 is 2.45 bits per heavy atom. The number of benzene rings is 3. The summed E-state index contributed by atoms with van der Waals surface area (Å²) in [6.07, 6.45) is -1.10. The number of carbonyl (C=O) groups is 2. The number of nitro benzene ring substituents is 1. The predicted octanol–water partition coefficient (Wildman–Crippen LogP) is 3.94. The van der Waals surface area contributed by atoms with E-state index in [1.165, 1.54) is 26.2 Å². The monoisotopic (exact) mass is 394 g/mol. The van der Waals surface area contributed by atoms with Crippen molar-refractivity contribution >= 4 is 34.0 Å². The molecule has 0 saturated heterocycles. The Kier molecular flexibility index (Phi) is 5.73. The van der Waals surface area contributed by atoms with Gasteiger partial charge in [0.15, 0.2) is 11.9 Å². The Morgan fingerprint density at radius 2 is 1.76 bits per heavy atom. The molecule has 0 unspecified atom stereocenters. The Hall–Kier alpha value is -3.94. The molecule has 148 valence electrons. The molecule has 1 atom stereocenters. The van der Waals surface area contributed by atoms with Crippen molar-refractivity contribution in [3.05, 3.63) is 76.3 Å². The molecule has 0 aliphatic carbocycles. The second-order valence-electron chi connectivity index (χ2n) is 6.24. The van der Waals surface area contributed by atoms with E-state index in [1.807, 2.05) is 36.4 Å². The summed E-state index contributed by atoms with van der Waals surface area (Å²) in [5, 5.41) is 15.8. The van der Waals surface area contributed by atoms with Crippen LogP contribution in [0.15, 0.2) is 60.7 Å². The maximum atomic E-state index is 12.4. The molecule has 0 saturated carbocycles. The summed E-state index contributed by atoms with van der Waals surface area (Å²) in [5.41, 5.74) is 0.148. The Bertz CT molecular complexity index is 1100. The first-order chi connectivity index (χ1) is 13.9. The number of rotatable bonds is 6. The summed E-state index contributed by atoms with van der Waals surface area (Å²) >= 11 is 0. The number of nitrogens with zero attached hydrogens (tertiary/aromatic N) is 1. The van der Waals surface area contributed by atoms with E-state index in [9.17, 15) is 19.7 Å². The molecular weight excluding hydrogens is 376 g/mol. The highest BCUT2D eigenvalue weighted by Gasteiger charge is 2.23. The molecular formula is C21H18N2O6. The lowest BCUT2D eigenvalue weighted by atomic mass is 10.1. The van der Waals surface area contributed by atoms with Gasteiger partial charge in [0.2, 0.25) is 0 Å². The first kappa shape index (κ1) is 19.8. The van der Waals surface area contributed by atoms with E-state index < -0.39 is 22.9 Å². The molecule has 0 fully saturated rings. The van der Waals surface area contributed by atoms with Crippen LogP contribution in [0, 0.1) is 10.1 Å². The molecule has 0 heterocycles. The lowest BCUT2D eigenvalue weighted by Crippen LogP contribution is -2.30. The SMILES string of the molecule is COc1ccc(C(=O)O[C@H](C)C(=O)Nc2ccc3ccccc3c2)cc1[N+](=O)[O-]. The average Bonchev–Trinajstić information content (AvgIpc) is 2.72. The number of amides is 1. The van der Waals surface area contributed by atoms with Crippen molar-refractivity contribution in [3.63, 3.8) is 0 Å². The van der Waals surface area contributed by atoms with Gasteiger partial charge in [-0.05, 0) is 42.0 Å². The third kappa shape index (κ3) is 4.49. The second kappa shape index (κ2) is 8.39. The zero-order valence-corrected chi connectivity index (χ0v) is 15.7. The Balaban J connectivity index is 1.69. The van der Waals surface area contributed by atoms with Crippen molar-refractivity contribution in [1.82, 2.24) is 0 Å². The Labute approximate surface area is 166 Å². The smallest absolute Gasteiger partial charge is 0.339 e. The van der Waals surface area contributed by atoms with Gasteiger partial charge in [0.1, 0.15) is 0 Å². The van der Waals surface area contributed by atoms with Gasteiger partial charge in [-0.1, -0.05) is 30.3 Å². The van der Waals surface area contributed by atoms with Gasteiger partial charge in [0.25, 0.3) is 5.91 Å². The van der Waals surface area contributed by atoms with Gasteiger partial charge in [-0.25, -0.2) is 4.79 Å². The van der Waals surface area contributed by atoms with Gasteiger partial charge >= 0.3 is 11.7 Å². The Morgan fingerprint density at radius 1 is 1.03 bits per heavy atom. The van der Waals surface area contributed by atoms with Crippen LogP contribution in [0.5, 0.6) is 5.75 Å². The van der Waals surface area contributed by atoms with Crippen LogP contribution in [0.2, 0.25) is 0 Å². The highest BCUT2D eigenvalue weighted by Crippen LogP contribution is 2.28. The topological polar surface area (TPSA) is 108 Å². The number of nitro groups is 1. The predicted molar refractivity (Wildman–Crippen MR) is 107 cm³/mol. The molecule has 1 amide bonds. The number of nitrogens with one attached hydrogen (secondary N) is 1.